The topological polar surface area (TPSA) is 51.8 Å². The molecular formula is C13H11N3S. The van der Waals surface area contributed by atoms with Crippen molar-refractivity contribution >= 4 is 28.1 Å². The maximum absolute atomic E-state index is 5.64. The molecule has 2 aromatic heterocycles. The lowest BCUT2D eigenvalue weighted by Crippen LogP contribution is -1.89. The van der Waals surface area contributed by atoms with E-state index in [-0.39, 0.29) is 0 Å². The van der Waals surface area contributed by atoms with Crippen molar-refractivity contribution in [2.45, 2.75) is 6.92 Å². The second-order valence-electron chi connectivity index (χ2n) is 3.92. The Morgan fingerprint density at radius 2 is 2.00 bits per heavy atom. The van der Waals surface area contributed by atoms with Gasteiger partial charge in [-0.25, -0.2) is 9.97 Å². The molecular weight excluding hydrogens is 230 g/mol. The Balaban J connectivity index is 2.25. The van der Waals surface area contributed by atoms with Crippen molar-refractivity contribution in [1.29, 1.82) is 0 Å². The van der Waals surface area contributed by atoms with Gasteiger partial charge in [0.1, 0.15) is 10.8 Å². The first-order chi connectivity index (χ1) is 8.24. The fraction of sp³-hybridized carbons (Fsp3) is 0.0769. The summed E-state index contributed by atoms with van der Waals surface area (Å²) in [7, 11) is 0. The standard InChI is InChI=1S/C13H11N3S/c1-8-6-11(13-16-12(14)7-17-13)15-10-5-3-2-4-9(8)10/h2-7H,14H2,1H3. The van der Waals surface area contributed by atoms with E-state index >= 15 is 0 Å². The molecule has 0 amide bonds. The third kappa shape index (κ3) is 1.76. The third-order valence-electron chi connectivity index (χ3n) is 2.66. The van der Waals surface area contributed by atoms with Gasteiger partial charge in [-0.05, 0) is 24.6 Å². The molecule has 0 aliphatic heterocycles. The van der Waals surface area contributed by atoms with Crippen molar-refractivity contribution in [3.63, 3.8) is 0 Å². The minimum atomic E-state index is 0.553. The Kier molecular flexibility index (Phi) is 2.30. The van der Waals surface area contributed by atoms with Gasteiger partial charge in [0.05, 0.1) is 11.2 Å². The van der Waals surface area contributed by atoms with Gasteiger partial charge in [-0.15, -0.1) is 11.3 Å². The first kappa shape index (κ1) is 10.2. The van der Waals surface area contributed by atoms with Crippen molar-refractivity contribution < 1.29 is 0 Å². The summed E-state index contributed by atoms with van der Waals surface area (Å²) in [5, 5.41) is 3.89. The summed E-state index contributed by atoms with van der Waals surface area (Å²) in [6, 6.07) is 10.2. The SMILES string of the molecule is Cc1cc(-c2nc(N)cs2)nc2ccccc12. The van der Waals surface area contributed by atoms with Crippen LogP contribution in [0.25, 0.3) is 21.6 Å². The molecule has 0 aliphatic rings. The number of fused-ring (bicyclic) bond motifs is 1. The van der Waals surface area contributed by atoms with Crippen LogP contribution in [-0.4, -0.2) is 9.97 Å². The van der Waals surface area contributed by atoms with Gasteiger partial charge in [0.2, 0.25) is 0 Å². The lowest BCUT2D eigenvalue weighted by atomic mass is 10.1. The van der Waals surface area contributed by atoms with Crippen LogP contribution in [0.15, 0.2) is 35.7 Å². The van der Waals surface area contributed by atoms with Gasteiger partial charge in [0.15, 0.2) is 0 Å². The van der Waals surface area contributed by atoms with Gasteiger partial charge in [-0.1, -0.05) is 18.2 Å². The van der Waals surface area contributed by atoms with Crippen LogP contribution in [0.4, 0.5) is 5.82 Å². The monoisotopic (exact) mass is 241 g/mol. The van der Waals surface area contributed by atoms with E-state index in [1.807, 2.05) is 23.6 Å². The van der Waals surface area contributed by atoms with E-state index in [4.69, 9.17) is 5.73 Å². The summed E-state index contributed by atoms with van der Waals surface area (Å²) in [6.07, 6.45) is 0. The summed E-state index contributed by atoms with van der Waals surface area (Å²) < 4.78 is 0. The molecule has 0 radical (unpaired) electrons. The van der Waals surface area contributed by atoms with Crippen LogP contribution in [0.1, 0.15) is 5.56 Å². The zero-order chi connectivity index (χ0) is 11.8. The number of aryl methyl sites for hydroxylation is 1. The molecule has 0 fully saturated rings. The van der Waals surface area contributed by atoms with Gasteiger partial charge in [-0.3, -0.25) is 0 Å². The van der Waals surface area contributed by atoms with Gasteiger partial charge in [-0.2, -0.15) is 0 Å². The number of hydrogen-bond acceptors (Lipinski definition) is 4. The van der Waals surface area contributed by atoms with Crippen LogP contribution in [0.5, 0.6) is 0 Å². The summed E-state index contributed by atoms with van der Waals surface area (Å²) in [6.45, 7) is 2.09. The van der Waals surface area contributed by atoms with Crippen LogP contribution < -0.4 is 5.73 Å². The smallest absolute Gasteiger partial charge is 0.144 e. The number of thiazole rings is 1. The number of para-hydroxylation sites is 1. The van der Waals surface area contributed by atoms with E-state index in [0.29, 0.717) is 5.82 Å². The van der Waals surface area contributed by atoms with Crippen LogP contribution in [0.2, 0.25) is 0 Å². The highest BCUT2D eigenvalue weighted by Crippen LogP contribution is 2.27. The van der Waals surface area contributed by atoms with Gasteiger partial charge in [0.25, 0.3) is 0 Å². The fourth-order valence-corrected chi connectivity index (χ4v) is 2.53. The highest BCUT2D eigenvalue weighted by atomic mass is 32.1. The second kappa shape index (κ2) is 3.82. The molecule has 0 saturated carbocycles. The fourth-order valence-electron chi connectivity index (χ4n) is 1.86. The average Bonchev–Trinajstić information content (AvgIpc) is 2.76. The Morgan fingerprint density at radius 3 is 2.76 bits per heavy atom. The predicted octanol–water partition coefficient (Wildman–Crippen LogP) is 3.25. The van der Waals surface area contributed by atoms with Gasteiger partial charge in [0, 0.05) is 10.8 Å². The Labute approximate surface area is 103 Å². The lowest BCUT2D eigenvalue weighted by Gasteiger charge is -2.03. The molecule has 3 aromatic rings. The zero-order valence-corrected chi connectivity index (χ0v) is 10.2. The number of nitrogen functional groups attached to an aromatic ring is 1. The minimum absolute atomic E-state index is 0.553. The van der Waals surface area contributed by atoms with Crippen LogP contribution in [0, 0.1) is 6.92 Å². The van der Waals surface area contributed by atoms with Crippen molar-refractivity contribution in [1.82, 2.24) is 9.97 Å². The molecule has 0 spiro atoms. The van der Waals surface area contributed by atoms with Crippen LogP contribution in [-0.2, 0) is 0 Å². The third-order valence-corrected chi connectivity index (χ3v) is 3.55. The van der Waals surface area contributed by atoms with E-state index in [0.717, 1.165) is 16.2 Å². The highest BCUT2D eigenvalue weighted by molar-refractivity contribution is 7.13. The maximum Gasteiger partial charge on any atom is 0.144 e. The number of rotatable bonds is 1. The number of hydrogen-bond donors (Lipinski definition) is 1. The first-order valence-electron chi connectivity index (χ1n) is 5.32. The van der Waals surface area contributed by atoms with Gasteiger partial charge < -0.3 is 5.73 Å². The van der Waals surface area contributed by atoms with Crippen molar-refractivity contribution in [2.75, 3.05) is 5.73 Å². The quantitative estimate of drug-likeness (QED) is 0.711. The molecule has 1 aromatic carbocycles. The van der Waals surface area contributed by atoms with E-state index in [9.17, 15) is 0 Å². The minimum Gasteiger partial charge on any atom is -0.383 e. The molecule has 0 unspecified atom stereocenters. The van der Waals surface area contributed by atoms with Crippen LogP contribution >= 0.6 is 11.3 Å². The van der Waals surface area contributed by atoms with Crippen molar-refractivity contribution in [2.24, 2.45) is 0 Å². The normalized spacial score (nSPS) is 10.9. The first-order valence-corrected chi connectivity index (χ1v) is 6.20. The number of nitrogens with zero attached hydrogens (tertiary/aromatic N) is 2. The van der Waals surface area contributed by atoms with Crippen molar-refractivity contribution in [3.8, 4) is 10.7 Å². The number of benzene rings is 1. The molecule has 17 heavy (non-hydrogen) atoms. The van der Waals surface area contributed by atoms with Crippen LogP contribution in [0.3, 0.4) is 0 Å². The number of anilines is 1. The molecule has 4 heteroatoms. The Bertz CT molecular complexity index is 688. The average molecular weight is 241 g/mol. The largest absolute Gasteiger partial charge is 0.383 e. The number of aromatic nitrogens is 2. The Morgan fingerprint density at radius 1 is 1.18 bits per heavy atom. The maximum atomic E-state index is 5.64. The molecule has 0 aliphatic carbocycles. The lowest BCUT2D eigenvalue weighted by molar-refractivity contribution is 1.32. The van der Waals surface area contributed by atoms with E-state index < -0.39 is 0 Å². The molecule has 0 atom stereocenters. The summed E-state index contributed by atoms with van der Waals surface area (Å²) in [5.74, 6) is 0.553. The summed E-state index contributed by atoms with van der Waals surface area (Å²) >= 11 is 1.52. The van der Waals surface area contributed by atoms with Crippen molar-refractivity contribution in [3.05, 3.63) is 41.3 Å². The summed E-state index contributed by atoms with van der Waals surface area (Å²) in [5.41, 5.74) is 8.73. The molecule has 2 heterocycles. The molecule has 3 nitrogen and oxygen atoms in total. The van der Waals surface area contributed by atoms with E-state index in [2.05, 4.69) is 29.0 Å². The highest BCUT2D eigenvalue weighted by Gasteiger charge is 2.07. The predicted molar refractivity (Wildman–Crippen MR) is 72.0 cm³/mol. The Hall–Kier alpha value is -1.94. The molecule has 0 saturated heterocycles. The number of nitrogens with two attached hydrogens (primary N) is 1. The molecule has 3 rings (SSSR count). The van der Waals surface area contributed by atoms with E-state index in [1.54, 1.807) is 0 Å². The van der Waals surface area contributed by atoms with E-state index in [1.165, 1.54) is 22.3 Å². The zero-order valence-electron chi connectivity index (χ0n) is 9.34. The summed E-state index contributed by atoms with van der Waals surface area (Å²) in [4.78, 5) is 8.87. The molecule has 84 valence electrons. The number of pyridine rings is 1. The molecule has 0 bridgehead atoms. The molecule has 2 N–H and O–H groups in total. The van der Waals surface area contributed by atoms with Gasteiger partial charge >= 0.3 is 0 Å². The second-order valence-corrected chi connectivity index (χ2v) is 4.78.